The number of rotatable bonds is 6. The van der Waals surface area contributed by atoms with E-state index in [0.29, 0.717) is 31.0 Å². The van der Waals surface area contributed by atoms with Gasteiger partial charge >= 0.3 is 0 Å². The van der Waals surface area contributed by atoms with Crippen molar-refractivity contribution in [2.45, 2.75) is 37.5 Å². The molecule has 0 aliphatic carbocycles. The number of halogens is 3. The molecular weight excluding hydrogens is 452 g/mol. The molecule has 2 unspecified atom stereocenters. The maximum atomic E-state index is 13.9. The van der Waals surface area contributed by atoms with Gasteiger partial charge in [0.05, 0.1) is 11.9 Å². The minimum absolute atomic E-state index is 0.0516. The van der Waals surface area contributed by atoms with Gasteiger partial charge in [-0.25, -0.2) is 8.78 Å². The summed E-state index contributed by atoms with van der Waals surface area (Å²) in [6, 6.07) is 8.06. The molecule has 2 aromatic rings. The quantitative estimate of drug-likeness (QED) is 0.619. The number of likely N-dealkylation sites (tertiary alicyclic amines) is 1. The zero-order chi connectivity index (χ0) is 23.0. The van der Waals surface area contributed by atoms with Crippen LogP contribution >= 0.6 is 11.6 Å². The molecule has 31 heavy (non-hydrogen) atoms. The molecule has 0 aromatic heterocycles. The van der Waals surface area contributed by atoms with Crippen LogP contribution in [0.5, 0.6) is 5.75 Å². The van der Waals surface area contributed by atoms with E-state index in [9.17, 15) is 27.4 Å². The molecule has 2 N–H and O–H groups in total. The number of phenols is 1. The molecule has 2 aromatic carbocycles. The summed E-state index contributed by atoms with van der Waals surface area (Å²) >= 11 is 5.92. The third-order valence-electron chi connectivity index (χ3n) is 5.67. The Morgan fingerprint density at radius 1 is 1.13 bits per heavy atom. The molecule has 6 nitrogen and oxygen atoms in total. The Kier molecular flexibility index (Phi) is 6.93. The summed E-state index contributed by atoms with van der Waals surface area (Å²) in [5.74, 6) is -3.55. The van der Waals surface area contributed by atoms with Crippen molar-refractivity contribution in [3.8, 4) is 5.75 Å². The Bertz CT molecular complexity index is 1020. The van der Waals surface area contributed by atoms with Crippen LogP contribution in [0.2, 0.25) is 5.02 Å². The first kappa shape index (κ1) is 23.9. The normalized spacial score (nSPS) is 19.2. The third-order valence-corrected chi connectivity index (χ3v) is 6.48. The molecule has 1 heterocycles. The topological polar surface area (TPSA) is 87.1 Å². The van der Waals surface area contributed by atoms with E-state index in [-0.39, 0.29) is 5.56 Å². The highest BCUT2D eigenvalue weighted by Crippen LogP contribution is 2.37. The number of phenolic OH excluding ortho intramolecular Hbond substituents is 1. The van der Waals surface area contributed by atoms with E-state index in [2.05, 4.69) is 0 Å². The average Bonchev–Trinajstić information content (AvgIpc) is 2.69. The Balaban J connectivity index is 1.82. The highest BCUT2D eigenvalue weighted by molar-refractivity contribution is 7.86. The van der Waals surface area contributed by atoms with Crippen LogP contribution in [0.25, 0.3) is 0 Å². The van der Waals surface area contributed by atoms with Crippen LogP contribution < -0.4 is 0 Å². The largest absolute Gasteiger partial charge is 0.503 e. The number of piperidine rings is 1. The molecule has 1 aliphatic rings. The molecule has 3 rings (SSSR count). The molecule has 0 bridgehead atoms. The van der Waals surface area contributed by atoms with Crippen LogP contribution in [0.1, 0.15) is 37.0 Å². The van der Waals surface area contributed by atoms with Crippen molar-refractivity contribution in [1.29, 1.82) is 0 Å². The maximum absolute atomic E-state index is 13.9. The van der Waals surface area contributed by atoms with E-state index >= 15 is 0 Å². The van der Waals surface area contributed by atoms with Gasteiger partial charge in [-0.1, -0.05) is 23.7 Å². The number of aliphatic hydroxyl groups is 1. The molecule has 170 valence electrons. The summed E-state index contributed by atoms with van der Waals surface area (Å²) in [4.78, 5) is 1.89. The average molecular weight is 476 g/mol. The van der Waals surface area contributed by atoms with Crippen molar-refractivity contribution in [3.05, 3.63) is 64.2 Å². The summed E-state index contributed by atoms with van der Waals surface area (Å²) in [6.45, 7) is 2.48. The molecule has 2 atom stereocenters. The standard InChI is InChI=1S/C21H24ClF2NO5S/c1-13(20(30-31(2,28)29)14-11-17(23)19(26)18(24)12-14)25-9-7-21(27,8-10-25)15-3-5-16(22)6-4-15/h3-6,11-13,20,26-27H,7-10H2,1-2H3. The van der Waals surface area contributed by atoms with Gasteiger partial charge in [0.1, 0.15) is 6.10 Å². The number of aromatic hydroxyl groups is 1. The summed E-state index contributed by atoms with van der Waals surface area (Å²) in [5.41, 5.74) is -0.384. The second-order valence-corrected chi connectivity index (χ2v) is 9.91. The fourth-order valence-electron chi connectivity index (χ4n) is 3.89. The summed E-state index contributed by atoms with van der Waals surface area (Å²) in [7, 11) is -3.96. The van der Waals surface area contributed by atoms with Crippen molar-refractivity contribution in [2.75, 3.05) is 19.3 Å². The lowest BCUT2D eigenvalue weighted by Crippen LogP contribution is -2.48. The minimum atomic E-state index is -3.96. The Morgan fingerprint density at radius 2 is 1.65 bits per heavy atom. The second-order valence-electron chi connectivity index (χ2n) is 7.87. The van der Waals surface area contributed by atoms with Gasteiger partial charge in [0.2, 0.25) is 0 Å². The SMILES string of the molecule is CC(C(OS(C)(=O)=O)c1cc(F)c(O)c(F)c1)N1CCC(O)(c2ccc(Cl)cc2)CC1. The van der Waals surface area contributed by atoms with Crippen LogP contribution in [-0.4, -0.2) is 48.9 Å². The summed E-state index contributed by atoms with van der Waals surface area (Å²) < 4.78 is 56.6. The first-order valence-electron chi connectivity index (χ1n) is 9.68. The number of hydrogen-bond donors (Lipinski definition) is 2. The van der Waals surface area contributed by atoms with Gasteiger partial charge in [-0.05, 0) is 55.2 Å². The molecule has 1 aliphatic heterocycles. The van der Waals surface area contributed by atoms with E-state index in [1.807, 2.05) is 4.90 Å². The molecule has 0 saturated carbocycles. The monoisotopic (exact) mass is 475 g/mol. The maximum Gasteiger partial charge on any atom is 0.265 e. The van der Waals surface area contributed by atoms with E-state index in [1.54, 1.807) is 31.2 Å². The summed E-state index contributed by atoms with van der Waals surface area (Å²) in [5, 5.41) is 21.0. The molecule has 0 spiro atoms. The van der Waals surface area contributed by atoms with Gasteiger partial charge in [-0.3, -0.25) is 9.08 Å². The van der Waals surface area contributed by atoms with E-state index < -0.39 is 45.2 Å². The van der Waals surface area contributed by atoms with Gasteiger partial charge in [-0.2, -0.15) is 8.42 Å². The molecular formula is C21H24ClF2NO5S. The Morgan fingerprint density at radius 3 is 2.13 bits per heavy atom. The highest BCUT2D eigenvalue weighted by Gasteiger charge is 2.38. The zero-order valence-corrected chi connectivity index (χ0v) is 18.6. The number of hydrogen-bond acceptors (Lipinski definition) is 6. The van der Waals surface area contributed by atoms with E-state index in [4.69, 9.17) is 15.8 Å². The van der Waals surface area contributed by atoms with Crippen molar-refractivity contribution < 1.29 is 31.6 Å². The second kappa shape index (κ2) is 8.99. The fraction of sp³-hybridized carbons (Fsp3) is 0.429. The van der Waals surface area contributed by atoms with Crippen LogP contribution in [0.4, 0.5) is 8.78 Å². The predicted molar refractivity (Wildman–Crippen MR) is 112 cm³/mol. The van der Waals surface area contributed by atoms with Crippen molar-refractivity contribution in [2.24, 2.45) is 0 Å². The molecule has 1 saturated heterocycles. The van der Waals surface area contributed by atoms with Crippen LogP contribution in [0, 0.1) is 11.6 Å². The van der Waals surface area contributed by atoms with Crippen molar-refractivity contribution >= 4 is 21.7 Å². The van der Waals surface area contributed by atoms with E-state index in [0.717, 1.165) is 24.0 Å². The first-order valence-corrected chi connectivity index (χ1v) is 11.9. The van der Waals surface area contributed by atoms with Gasteiger partial charge in [0, 0.05) is 24.2 Å². The lowest BCUT2D eigenvalue weighted by molar-refractivity contribution is -0.0465. The Hall–Kier alpha value is -1.78. The zero-order valence-electron chi connectivity index (χ0n) is 17.1. The third kappa shape index (κ3) is 5.53. The van der Waals surface area contributed by atoms with Crippen LogP contribution in [0.3, 0.4) is 0 Å². The van der Waals surface area contributed by atoms with Crippen molar-refractivity contribution in [1.82, 2.24) is 4.90 Å². The highest BCUT2D eigenvalue weighted by atomic mass is 35.5. The van der Waals surface area contributed by atoms with Gasteiger partial charge in [-0.15, -0.1) is 0 Å². The van der Waals surface area contributed by atoms with Gasteiger partial charge in [0.15, 0.2) is 17.4 Å². The lowest BCUT2D eigenvalue weighted by Gasteiger charge is -2.42. The smallest absolute Gasteiger partial charge is 0.265 e. The Labute approximate surface area is 185 Å². The fourth-order valence-corrected chi connectivity index (χ4v) is 4.67. The molecule has 0 amide bonds. The molecule has 0 radical (unpaired) electrons. The van der Waals surface area contributed by atoms with Gasteiger partial charge < -0.3 is 10.2 Å². The number of benzene rings is 2. The first-order chi connectivity index (χ1) is 14.4. The lowest BCUT2D eigenvalue weighted by atomic mass is 9.83. The summed E-state index contributed by atoms with van der Waals surface area (Å²) in [6.07, 6.45) is 0.377. The van der Waals surface area contributed by atoms with E-state index in [1.165, 1.54) is 0 Å². The predicted octanol–water partition coefficient (Wildman–Crippen LogP) is 3.71. The number of nitrogens with zero attached hydrogens (tertiary/aromatic N) is 1. The molecule has 10 heteroatoms. The van der Waals surface area contributed by atoms with Crippen LogP contribution in [-0.2, 0) is 19.9 Å². The van der Waals surface area contributed by atoms with Crippen molar-refractivity contribution in [3.63, 3.8) is 0 Å². The molecule has 1 fully saturated rings. The van der Waals surface area contributed by atoms with Gasteiger partial charge in [0.25, 0.3) is 10.1 Å². The minimum Gasteiger partial charge on any atom is -0.503 e. The van der Waals surface area contributed by atoms with Crippen LogP contribution in [0.15, 0.2) is 36.4 Å².